The summed E-state index contributed by atoms with van der Waals surface area (Å²) in [5, 5.41) is 17.1. The van der Waals surface area contributed by atoms with Crippen LogP contribution in [0.3, 0.4) is 0 Å². The monoisotopic (exact) mass is 277 g/mol. The van der Waals surface area contributed by atoms with Crippen LogP contribution in [-0.4, -0.2) is 10.2 Å². The molecule has 0 aliphatic carbocycles. The number of hydrogen-bond donors (Lipinski definition) is 0. The van der Waals surface area contributed by atoms with Gasteiger partial charge in [0.05, 0.1) is 5.02 Å². The molecule has 0 N–H and O–H groups in total. The van der Waals surface area contributed by atoms with E-state index in [-0.39, 0.29) is 12.5 Å². The highest BCUT2D eigenvalue weighted by Gasteiger charge is 2.12. The average Bonchev–Trinajstić information content (AvgIpc) is 2.85. The number of ether oxygens (including phenoxy) is 1. The van der Waals surface area contributed by atoms with Crippen LogP contribution >= 0.6 is 11.6 Å². The fourth-order valence-electron chi connectivity index (χ4n) is 1.43. The first-order chi connectivity index (χ1) is 9.11. The van der Waals surface area contributed by atoms with Gasteiger partial charge in [-0.25, -0.2) is 0 Å². The van der Waals surface area contributed by atoms with Crippen LogP contribution < -0.4 is 4.74 Å². The van der Waals surface area contributed by atoms with Crippen LogP contribution in [0.25, 0.3) is 0 Å². The van der Waals surface area contributed by atoms with Gasteiger partial charge in [0.2, 0.25) is 5.89 Å². The Morgan fingerprint density at radius 1 is 1.42 bits per heavy atom. The van der Waals surface area contributed by atoms with Crippen molar-refractivity contribution in [2.24, 2.45) is 0 Å². The molecule has 1 heterocycles. The second-order valence-corrected chi connectivity index (χ2v) is 4.61. The SMILES string of the molecule is CC(C)c1nnc(COc2cccc(Cl)c2C#N)o1. The van der Waals surface area contributed by atoms with E-state index in [9.17, 15) is 0 Å². The van der Waals surface area contributed by atoms with Gasteiger partial charge in [0.15, 0.2) is 6.61 Å². The van der Waals surface area contributed by atoms with Crippen LogP contribution in [0.15, 0.2) is 22.6 Å². The summed E-state index contributed by atoms with van der Waals surface area (Å²) < 4.78 is 10.9. The third-order valence-corrected chi connectivity index (χ3v) is 2.73. The van der Waals surface area contributed by atoms with E-state index in [0.29, 0.717) is 28.1 Å². The van der Waals surface area contributed by atoms with Crippen molar-refractivity contribution in [2.45, 2.75) is 26.4 Å². The molecule has 0 aliphatic rings. The van der Waals surface area contributed by atoms with Crippen LogP contribution in [0.1, 0.15) is 37.1 Å². The van der Waals surface area contributed by atoms with E-state index >= 15 is 0 Å². The molecule has 0 bridgehead atoms. The van der Waals surface area contributed by atoms with E-state index in [1.807, 2.05) is 19.9 Å². The van der Waals surface area contributed by atoms with Crippen molar-refractivity contribution in [3.8, 4) is 11.8 Å². The third kappa shape index (κ3) is 3.04. The normalized spacial score (nSPS) is 10.5. The first-order valence-electron chi connectivity index (χ1n) is 5.75. The molecule has 1 aromatic carbocycles. The van der Waals surface area contributed by atoms with E-state index in [1.165, 1.54) is 0 Å². The molecular weight excluding hydrogens is 266 g/mol. The Kier molecular flexibility index (Phi) is 4.03. The van der Waals surface area contributed by atoms with E-state index in [1.54, 1.807) is 18.2 Å². The highest BCUT2D eigenvalue weighted by molar-refractivity contribution is 6.31. The number of halogens is 1. The Morgan fingerprint density at radius 2 is 2.21 bits per heavy atom. The zero-order valence-electron chi connectivity index (χ0n) is 10.6. The Bertz CT molecular complexity index is 617. The maximum atomic E-state index is 9.01. The summed E-state index contributed by atoms with van der Waals surface area (Å²) in [6, 6.07) is 7.02. The van der Waals surface area contributed by atoms with Crippen LogP contribution in [0.2, 0.25) is 5.02 Å². The molecule has 0 spiro atoms. The smallest absolute Gasteiger partial charge is 0.253 e. The highest BCUT2D eigenvalue weighted by atomic mass is 35.5. The zero-order valence-corrected chi connectivity index (χ0v) is 11.3. The molecule has 1 aromatic heterocycles. The van der Waals surface area contributed by atoms with Gasteiger partial charge < -0.3 is 9.15 Å². The number of aromatic nitrogens is 2. The number of nitrogens with zero attached hydrogens (tertiary/aromatic N) is 3. The van der Waals surface area contributed by atoms with Gasteiger partial charge in [0.25, 0.3) is 5.89 Å². The maximum absolute atomic E-state index is 9.01. The molecule has 19 heavy (non-hydrogen) atoms. The predicted molar refractivity (Wildman–Crippen MR) is 68.9 cm³/mol. The molecule has 0 aliphatic heterocycles. The molecule has 0 radical (unpaired) electrons. The van der Waals surface area contributed by atoms with Crippen molar-refractivity contribution < 1.29 is 9.15 Å². The van der Waals surface area contributed by atoms with Gasteiger partial charge in [-0.05, 0) is 12.1 Å². The molecule has 0 unspecified atom stereocenters. The summed E-state index contributed by atoms with van der Waals surface area (Å²) in [5.41, 5.74) is 0.299. The van der Waals surface area contributed by atoms with Gasteiger partial charge in [-0.15, -0.1) is 10.2 Å². The van der Waals surface area contributed by atoms with Crippen molar-refractivity contribution in [3.05, 3.63) is 40.6 Å². The fraction of sp³-hybridized carbons (Fsp3) is 0.308. The van der Waals surface area contributed by atoms with Gasteiger partial charge in [0.1, 0.15) is 17.4 Å². The van der Waals surface area contributed by atoms with Crippen molar-refractivity contribution in [1.82, 2.24) is 10.2 Å². The minimum absolute atomic E-state index is 0.106. The van der Waals surface area contributed by atoms with Gasteiger partial charge in [-0.2, -0.15) is 5.26 Å². The van der Waals surface area contributed by atoms with Crippen molar-refractivity contribution >= 4 is 11.6 Å². The lowest BCUT2D eigenvalue weighted by Crippen LogP contribution is -1.98. The summed E-state index contributed by atoms with van der Waals surface area (Å²) in [7, 11) is 0. The topological polar surface area (TPSA) is 71.9 Å². The summed E-state index contributed by atoms with van der Waals surface area (Å²) in [5.74, 6) is 1.50. The molecular formula is C13H12ClN3O2. The summed E-state index contributed by atoms with van der Waals surface area (Å²) in [6.45, 7) is 4.03. The molecule has 2 rings (SSSR count). The van der Waals surface area contributed by atoms with Gasteiger partial charge in [0, 0.05) is 5.92 Å². The Hall–Kier alpha value is -2.06. The molecule has 0 fully saturated rings. The summed E-state index contributed by atoms with van der Waals surface area (Å²) in [4.78, 5) is 0. The van der Waals surface area contributed by atoms with Crippen LogP contribution in [0, 0.1) is 11.3 Å². The maximum Gasteiger partial charge on any atom is 0.253 e. The largest absolute Gasteiger partial charge is 0.482 e. The number of rotatable bonds is 4. The summed E-state index contributed by atoms with van der Waals surface area (Å²) in [6.07, 6.45) is 0. The first-order valence-corrected chi connectivity index (χ1v) is 6.13. The molecule has 0 atom stereocenters. The van der Waals surface area contributed by atoms with E-state index < -0.39 is 0 Å². The second kappa shape index (κ2) is 5.72. The quantitative estimate of drug-likeness (QED) is 0.857. The lowest BCUT2D eigenvalue weighted by atomic mass is 10.2. The second-order valence-electron chi connectivity index (χ2n) is 4.20. The number of nitriles is 1. The van der Waals surface area contributed by atoms with Crippen molar-refractivity contribution in [1.29, 1.82) is 5.26 Å². The van der Waals surface area contributed by atoms with E-state index in [0.717, 1.165) is 0 Å². The highest BCUT2D eigenvalue weighted by Crippen LogP contribution is 2.26. The van der Waals surface area contributed by atoms with Crippen LogP contribution in [0.4, 0.5) is 0 Å². The lowest BCUT2D eigenvalue weighted by molar-refractivity contribution is 0.257. The molecule has 6 heteroatoms. The summed E-state index contributed by atoms with van der Waals surface area (Å²) >= 11 is 5.90. The van der Waals surface area contributed by atoms with Crippen molar-refractivity contribution in [3.63, 3.8) is 0 Å². The third-order valence-electron chi connectivity index (χ3n) is 2.41. The number of hydrogen-bond acceptors (Lipinski definition) is 5. The van der Waals surface area contributed by atoms with E-state index in [2.05, 4.69) is 10.2 Å². The predicted octanol–water partition coefficient (Wildman–Crippen LogP) is 3.30. The fourth-order valence-corrected chi connectivity index (χ4v) is 1.64. The van der Waals surface area contributed by atoms with Gasteiger partial charge >= 0.3 is 0 Å². The standard InChI is InChI=1S/C13H12ClN3O2/c1-8(2)13-17-16-12(19-13)7-18-11-5-3-4-10(14)9(11)6-15/h3-5,8H,7H2,1-2H3. The Morgan fingerprint density at radius 3 is 2.84 bits per heavy atom. The van der Waals surface area contributed by atoms with E-state index in [4.69, 9.17) is 26.0 Å². The van der Waals surface area contributed by atoms with Crippen molar-refractivity contribution in [2.75, 3.05) is 0 Å². The Balaban J connectivity index is 2.10. The molecule has 2 aromatic rings. The minimum Gasteiger partial charge on any atom is -0.482 e. The molecule has 0 amide bonds. The molecule has 5 nitrogen and oxygen atoms in total. The first kappa shape index (κ1) is 13.4. The average molecular weight is 278 g/mol. The Labute approximate surface area is 115 Å². The minimum atomic E-state index is 0.106. The van der Waals surface area contributed by atoms with Crippen LogP contribution in [-0.2, 0) is 6.61 Å². The molecule has 0 saturated heterocycles. The van der Waals surface area contributed by atoms with Gasteiger partial charge in [-0.1, -0.05) is 31.5 Å². The lowest BCUT2D eigenvalue weighted by Gasteiger charge is -2.06. The zero-order chi connectivity index (χ0) is 13.8. The van der Waals surface area contributed by atoms with Gasteiger partial charge in [-0.3, -0.25) is 0 Å². The molecule has 98 valence electrons. The van der Waals surface area contributed by atoms with Crippen LogP contribution in [0.5, 0.6) is 5.75 Å². The molecule has 0 saturated carbocycles. The number of benzene rings is 1.